The number of nitrogens with zero attached hydrogens (tertiary/aromatic N) is 1. The molecule has 1 aliphatic rings. The molecule has 0 aliphatic carbocycles. The van der Waals surface area contributed by atoms with Crippen molar-refractivity contribution in [1.29, 1.82) is 0 Å². The van der Waals surface area contributed by atoms with E-state index >= 15 is 0 Å². The zero-order valence-electron chi connectivity index (χ0n) is 14.7. The van der Waals surface area contributed by atoms with Crippen molar-refractivity contribution in [2.24, 2.45) is 4.99 Å². The van der Waals surface area contributed by atoms with Gasteiger partial charge < -0.3 is 24.8 Å². The number of fused-ring (bicyclic) bond motifs is 1. The van der Waals surface area contributed by atoms with Crippen molar-refractivity contribution in [3.05, 3.63) is 29.8 Å². The molecule has 0 saturated heterocycles. The maximum atomic E-state index is 5.92. The summed E-state index contributed by atoms with van der Waals surface area (Å²) in [6, 6.07) is 8.19. The topological polar surface area (TPSA) is 64.1 Å². The molecule has 1 aliphatic heterocycles. The van der Waals surface area contributed by atoms with Gasteiger partial charge in [0.15, 0.2) is 5.96 Å². The third-order valence-electron chi connectivity index (χ3n) is 3.70. The Hall–Kier alpha value is -1.79. The minimum Gasteiger partial charge on any atom is -0.488 e. The van der Waals surface area contributed by atoms with Crippen LogP contribution in [-0.2, 0) is 15.9 Å². The lowest BCUT2D eigenvalue weighted by molar-refractivity contribution is 0.0698. The van der Waals surface area contributed by atoms with Crippen LogP contribution in [0.5, 0.6) is 5.75 Å². The van der Waals surface area contributed by atoms with Crippen LogP contribution in [-0.4, -0.2) is 58.6 Å². The summed E-state index contributed by atoms with van der Waals surface area (Å²) in [5, 5.41) is 6.59. The molecule has 0 aromatic heterocycles. The first-order valence-corrected chi connectivity index (χ1v) is 8.67. The van der Waals surface area contributed by atoms with E-state index in [9.17, 15) is 0 Å². The second-order valence-corrected chi connectivity index (χ2v) is 5.66. The quantitative estimate of drug-likeness (QED) is 0.386. The highest BCUT2D eigenvalue weighted by molar-refractivity contribution is 5.79. The van der Waals surface area contributed by atoms with Crippen LogP contribution in [0.2, 0.25) is 0 Å². The summed E-state index contributed by atoms with van der Waals surface area (Å²) in [4.78, 5) is 4.63. The Labute approximate surface area is 144 Å². The molecule has 0 fully saturated rings. The van der Waals surface area contributed by atoms with E-state index in [1.54, 1.807) is 7.11 Å². The number of aliphatic imine (C=N–C) groups is 1. The molecule has 1 aromatic carbocycles. The van der Waals surface area contributed by atoms with Crippen molar-refractivity contribution in [3.8, 4) is 5.75 Å². The number of benzene rings is 1. The molecule has 24 heavy (non-hydrogen) atoms. The number of hydrogen-bond donors (Lipinski definition) is 2. The van der Waals surface area contributed by atoms with E-state index in [1.807, 2.05) is 18.2 Å². The zero-order valence-corrected chi connectivity index (χ0v) is 14.7. The molecule has 1 heterocycles. The largest absolute Gasteiger partial charge is 0.488 e. The van der Waals surface area contributed by atoms with Gasteiger partial charge in [0.05, 0.1) is 19.8 Å². The molecule has 6 nitrogen and oxygen atoms in total. The Morgan fingerprint density at radius 1 is 1.25 bits per heavy atom. The molecule has 2 N–H and O–H groups in total. The van der Waals surface area contributed by atoms with Crippen LogP contribution < -0.4 is 15.4 Å². The molecule has 0 bridgehead atoms. The first-order valence-electron chi connectivity index (χ1n) is 8.67. The van der Waals surface area contributed by atoms with Crippen molar-refractivity contribution in [2.45, 2.75) is 25.9 Å². The lowest BCUT2D eigenvalue weighted by Gasteiger charge is -2.13. The van der Waals surface area contributed by atoms with Crippen LogP contribution in [0.3, 0.4) is 0 Å². The lowest BCUT2D eigenvalue weighted by Crippen LogP contribution is -2.39. The minimum absolute atomic E-state index is 0.121. The van der Waals surface area contributed by atoms with Gasteiger partial charge in [-0.15, -0.1) is 0 Å². The Morgan fingerprint density at radius 2 is 2.12 bits per heavy atom. The van der Waals surface area contributed by atoms with Crippen LogP contribution in [0.25, 0.3) is 0 Å². The smallest absolute Gasteiger partial charge is 0.191 e. The molecule has 2 rings (SSSR count). The predicted molar refractivity (Wildman–Crippen MR) is 95.9 cm³/mol. The van der Waals surface area contributed by atoms with E-state index in [-0.39, 0.29) is 6.10 Å². The third-order valence-corrected chi connectivity index (χ3v) is 3.70. The SMILES string of the molecule is CCNC(=NCC1Cc2ccccc2O1)NCCCOCCOC. The number of para-hydroxylation sites is 1. The van der Waals surface area contributed by atoms with Gasteiger partial charge in [-0.05, 0) is 25.0 Å². The summed E-state index contributed by atoms with van der Waals surface area (Å²) >= 11 is 0. The molecule has 6 heteroatoms. The number of methoxy groups -OCH3 is 1. The second kappa shape index (κ2) is 10.9. The van der Waals surface area contributed by atoms with Crippen LogP contribution >= 0.6 is 0 Å². The van der Waals surface area contributed by atoms with E-state index in [4.69, 9.17) is 14.2 Å². The molecule has 0 radical (unpaired) electrons. The summed E-state index contributed by atoms with van der Waals surface area (Å²) in [6.45, 7) is 6.37. The highest BCUT2D eigenvalue weighted by Gasteiger charge is 2.21. The monoisotopic (exact) mass is 335 g/mol. The average Bonchev–Trinajstić information content (AvgIpc) is 3.01. The highest BCUT2D eigenvalue weighted by Crippen LogP contribution is 2.28. The van der Waals surface area contributed by atoms with Gasteiger partial charge in [-0.1, -0.05) is 18.2 Å². The summed E-state index contributed by atoms with van der Waals surface area (Å²) in [6.07, 6.45) is 1.97. The molecule has 0 spiro atoms. The van der Waals surface area contributed by atoms with Gasteiger partial charge in [0, 0.05) is 33.2 Å². The van der Waals surface area contributed by atoms with E-state index in [2.05, 4.69) is 28.6 Å². The summed E-state index contributed by atoms with van der Waals surface area (Å²) in [7, 11) is 1.68. The Balaban J connectivity index is 1.67. The molecule has 0 saturated carbocycles. The van der Waals surface area contributed by atoms with Gasteiger partial charge in [0.2, 0.25) is 0 Å². The number of hydrogen-bond acceptors (Lipinski definition) is 4. The van der Waals surface area contributed by atoms with Gasteiger partial charge in [0.25, 0.3) is 0 Å². The average molecular weight is 335 g/mol. The summed E-state index contributed by atoms with van der Waals surface area (Å²) in [5.41, 5.74) is 1.27. The molecule has 1 atom stereocenters. The number of rotatable bonds is 10. The van der Waals surface area contributed by atoms with Crippen LogP contribution in [0.1, 0.15) is 18.9 Å². The van der Waals surface area contributed by atoms with Gasteiger partial charge in [0.1, 0.15) is 11.9 Å². The second-order valence-electron chi connectivity index (χ2n) is 5.66. The predicted octanol–water partition coefficient (Wildman–Crippen LogP) is 1.60. The van der Waals surface area contributed by atoms with Gasteiger partial charge in [-0.25, -0.2) is 4.99 Å². The number of ether oxygens (including phenoxy) is 3. The fourth-order valence-electron chi connectivity index (χ4n) is 2.52. The highest BCUT2D eigenvalue weighted by atomic mass is 16.5. The third kappa shape index (κ3) is 6.37. The van der Waals surface area contributed by atoms with Gasteiger partial charge in [-0.2, -0.15) is 0 Å². The Kier molecular flexibility index (Phi) is 8.41. The Bertz CT molecular complexity index is 483. The molecule has 1 unspecified atom stereocenters. The normalized spacial score (nSPS) is 16.6. The van der Waals surface area contributed by atoms with Crippen molar-refractivity contribution >= 4 is 5.96 Å². The summed E-state index contributed by atoms with van der Waals surface area (Å²) < 4.78 is 16.3. The van der Waals surface area contributed by atoms with Crippen molar-refractivity contribution in [1.82, 2.24) is 10.6 Å². The summed E-state index contributed by atoms with van der Waals surface area (Å²) in [5.74, 6) is 1.82. The maximum Gasteiger partial charge on any atom is 0.191 e. The van der Waals surface area contributed by atoms with Crippen molar-refractivity contribution < 1.29 is 14.2 Å². The van der Waals surface area contributed by atoms with E-state index in [0.717, 1.165) is 44.2 Å². The zero-order chi connectivity index (χ0) is 17.0. The van der Waals surface area contributed by atoms with E-state index in [0.29, 0.717) is 19.8 Å². The first-order chi connectivity index (χ1) is 11.8. The van der Waals surface area contributed by atoms with Gasteiger partial charge in [-0.3, -0.25) is 0 Å². The van der Waals surface area contributed by atoms with Crippen LogP contribution in [0, 0.1) is 0 Å². The fourth-order valence-corrected chi connectivity index (χ4v) is 2.52. The minimum atomic E-state index is 0.121. The first kappa shape index (κ1) is 18.5. The standard InChI is InChI=1S/C18H29N3O3/c1-3-19-18(20-9-6-10-23-12-11-22-2)21-14-16-13-15-7-4-5-8-17(15)24-16/h4-5,7-8,16H,3,6,9-14H2,1-2H3,(H2,19,20,21). The Morgan fingerprint density at radius 3 is 2.92 bits per heavy atom. The number of nitrogens with one attached hydrogen (secondary N) is 2. The molecule has 134 valence electrons. The number of guanidine groups is 1. The maximum absolute atomic E-state index is 5.92. The van der Waals surface area contributed by atoms with Crippen LogP contribution in [0.15, 0.2) is 29.3 Å². The van der Waals surface area contributed by atoms with Crippen molar-refractivity contribution in [3.63, 3.8) is 0 Å². The van der Waals surface area contributed by atoms with E-state index in [1.165, 1.54) is 5.56 Å². The lowest BCUT2D eigenvalue weighted by atomic mass is 10.1. The fraction of sp³-hybridized carbons (Fsp3) is 0.611. The van der Waals surface area contributed by atoms with E-state index < -0.39 is 0 Å². The van der Waals surface area contributed by atoms with Gasteiger partial charge >= 0.3 is 0 Å². The molecule has 0 amide bonds. The molecular weight excluding hydrogens is 306 g/mol. The molecule has 1 aromatic rings. The van der Waals surface area contributed by atoms with Crippen LogP contribution in [0.4, 0.5) is 0 Å². The molecular formula is C18H29N3O3. The van der Waals surface area contributed by atoms with Crippen molar-refractivity contribution in [2.75, 3.05) is 46.6 Å².